The van der Waals surface area contributed by atoms with Crippen molar-refractivity contribution in [1.82, 2.24) is 9.38 Å². The van der Waals surface area contributed by atoms with E-state index >= 15 is 0 Å². The summed E-state index contributed by atoms with van der Waals surface area (Å²) in [4.78, 5) is 4.25. The highest BCUT2D eigenvalue weighted by atomic mass is 15.0. The smallest absolute Gasteiger partial charge is 0.136 e. The number of imidazole rings is 1. The molecule has 2 rings (SSSR count). The average molecular weight is 174 g/mol. The molecule has 13 heavy (non-hydrogen) atoms. The highest BCUT2D eigenvalue weighted by Crippen LogP contribution is 2.08. The van der Waals surface area contributed by atoms with Crippen molar-refractivity contribution in [1.29, 1.82) is 0 Å². The molecule has 0 fully saturated rings. The van der Waals surface area contributed by atoms with Crippen LogP contribution in [0.25, 0.3) is 5.65 Å². The van der Waals surface area contributed by atoms with Gasteiger partial charge in [0.2, 0.25) is 0 Å². The molecule has 2 heteroatoms. The fourth-order valence-electron chi connectivity index (χ4n) is 1.57. The molecule has 0 aromatic carbocycles. The zero-order chi connectivity index (χ0) is 9.10. The molecule has 0 aliphatic carbocycles. The van der Waals surface area contributed by atoms with Gasteiger partial charge in [-0.05, 0) is 25.0 Å². The minimum atomic E-state index is 1.05. The van der Waals surface area contributed by atoms with Gasteiger partial charge in [0.15, 0.2) is 0 Å². The van der Waals surface area contributed by atoms with Crippen LogP contribution in [-0.2, 0) is 6.42 Å². The summed E-state index contributed by atoms with van der Waals surface area (Å²) in [6.45, 7) is 2.22. The van der Waals surface area contributed by atoms with Gasteiger partial charge in [0.1, 0.15) is 5.65 Å². The summed E-state index contributed by atoms with van der Waals surface area (Å²) in [6, 6.07) is 6.28. The molecule has 0 bridgehead atoms. The number of aromatic nitrogens is 2. The van der Waals surface area contributed by atoms with Gasteiger partial charge in [-0.1, -0.05) is 19.4 Å². The molecule has 0 aliphatic rings. The summed E-state index contributed by atoms with van der Waals surface area (Å²) in [7, 11) is 0. The van der Waals surface area contributed by atoms with Crippen LogP contribution in [0, 0.1) is 0 Å². The summed E-state index contributed by atoms with van der Waals surface area (Å²) < 4.78 is 2.16. The average Bonchev–Trinajstić information content (AvgIpc) is 2.62. The van der Waals surface area contributed by atoms with Crippen LogP contribution in [0.3, 0.4) is 0 Å². The third-order valence-corrected chi connectivity index (χ3v) is 2.30. The number of fused-ring (bicyclic) bond motifs is 1. The first-order valence-electron chi connectivity index (χ1n) is 4.83. The number of hydrogen-bond donors (Lipinski definition) is 0. The third-order valence-electron chi connectivity index (χ3n) is 2.30. The molecule has 2 heterocycles. The largest absolute Gasteiger partial charge is 0.304 e. The first-order valence-corrected chi connectivity index (χ1v) is 4.83. The van der Waals surface area contributed by atoms with E-state index in [1.165, 1.54) is 18.5 Å². The van der Waals surface area contributed by atoms with Gasteiger partial charge in [-0.2, -0.15) is 0 Å². The number of hydrogen-bond acceptors (Lipinski definition) is 1. The Labute approximate surface area is 78.2 Å². The van der Waals surface area contributed by atoms with Crippen molar-refractivity contribution < 1.29 is 0 Å². The molecule has 2 aromatic rings. The van der Waals surface area contributed by atoms with E-state index in [-0.39, 0.29) is 0 Å². The lowest BCUT2D eigenvalue weighted by Crippen LogP contribution is -1.94. The van der Waals surface area contributed by atoms with Crippen LogP contribution in [0.15, 0.2) is 30.6 Å². The number of aryl methyl sites for hydroxylation is 1. The molecular weight excluding hydrogens is 160 g/mol. The zero-order valence-corrected chi connectivity index (χ0v) is 7.90. The van der Waals surface area contributed by atoms with Crippen LogP contribution in [0.4, 0.5) is 0 Å². The van der Waals surface area contributed by atoms with E-state index in [0.29, 0.717) is 0 Å². The Hall–Kier alpha value is -1.31. The molecule has 0 N–H and O–H groups in total. The molecule has 0 saturated carbocycles. The summed E-state index contributed by atoms with van der Waals surface area (Å²) in [5, 5.41) is 0. The van der Waals surface area contributed by atoms with Gasteiger partial charge in [0.05, 0.1) is 0 Å². The maximum Gasteiger partial charge on any atom is 0.136 e. The lowest BCUT2D eigenvalue weighted by molar-refractivity contribution is 0.767. The van der Waals surface area contributed by atoms with Crippen molar-refractivity contribution in [2.45, 2.75) is 26.2 Å². The first-order chi connectivity index (χ1) is 6.42. The Balaban J connectivity index is 2.37. The standard InChI is InChI=1S/C11H14N2/c1-2-3-5-10-6-4-7-11-12-8-9-13(10)11/h4,6-9H,2-3,5H2,1H3. The van der Waals surface area contributed by atoms with Crippen molar-refractivity contribution in [3.8, 4) is 0 Å². The summed E-state index contributed by atoms with van der Waals surface area (Å²) in [5.41, 5.74) is 2.41. The Morgan fingerprint density at radius 1 is 1.38 bits per heavy atom. The fraction of sp³-hybridized carbons (Fsp3) is 0.364. The monoisotopic (exact) mass is 174 g/mol. The molecule has 0 aliphatic heterocycles. The molecule has 2 aromatic heterocycles. The molecule has 0 unspecified atom stereocenters. The van der Waals surface area contributed by atoms with Crippen molar-refractivity contribution in [2.24, 2.45) is 0 Å². The second-order valence-electron chi connectivity index (χ2n) is 3.28. The topological polar surface area (TPSA) is 17.3 Å². The third kappa shape index (κ3) is 1.57. The zero-order valence-electron chi connectivity index (χ0n) is 7.90. The van der Waals surface area contributed by atoms with E-state index in [4.69, 9.17) is 0 Å². The van der Waals surface area contributed by atoms with E-state index in [2.05, 4.69) is 28.4 Å². The van der Waals surface area contributed by atoms with Crippen LogP contribution in [-0.4, -0.2) is 9.38 Å². The van der Waals surface area contributed by atoms with E-state index in [1.54, 1.807) is 0 Å². The lowest BCUT2D eigenvalue weighted by atomic mass is 10.2. The minimum absolute atomic E-state index is 1.05. The predicted octanol–water partition coefficient (Wildman–Crippen LogP) is 2.68. The highest BCUT2D eigenvalue weighted by Gasteiger charge is 1.98. The van der Waals surface area contributed by atoms with Crippen molar-refractivity contribution in [2.75, 3.05) is 0 Å². The Morgan fingerprint density at radius 3 is 3.15 bits per heavy atom. The van der Waals surface area contributed by atoms with Crippen LogP contribution >= 0.6 is 0 Å². The van der Waals surface area contributed by atoms with Gasteiger partial charge in [-0.15, -0.1) is 0 Å². The van der Waals surface area contributed by atoms with Crippen LogP contribution in [0.5, 0.6) is 0 Å². The second-order valence-corrected chi connectivity index (χ2v) is 3.28. The van der Waals surface area contributed by atoms with Crippen molar-refractivity contribution >= 4 is 5.65 Å². The number of pyridine rings is 1. The molecule has 0 saturated heterocycles. The molecule has 68 valence electrons. The predicted molar refractivity (Wildman–Crippen MR) is 53.8 cm³/mol. The van der Waals surface area contributed by atoms with Crippen LogP contribution in [0.1, 0.15) is 25.5 Å². The lowest BCUT2D eigenvalue weighted by Gasteiger charge is -2.03. The molecule has 0 amide bonds. The highest BCUT2D eigenvalue weighted by molar-refractivity contribution is 5.39. The minimum Gasteiger partial charge on any atom is -0.304 e. The van der Waals surface area contributed by atoms with Crippen molar-refractivity contribution in [3.05, 3.63) is 36.3 Å². The number of nitrogens with zero attached hydrogens (tertiary/aromatic N) is 2. The normalized spacial score (nSPS) is 10.8. The molecule has 0 atom stereocenters. The molecular formula is C11H14N2. The maximum atomic E-state index is 4.25. The van der Waals surface area contributed by atoms with E-state index < -0.39 is 0 Å². The summed E-state index contributed by atoms with van der Waals surface area (Å²) in [5.74, 6) is 0. The van der Waals surface area contributed by atoms with E-state index in [1.807, 2.05) is 18.5 Å². The van der Waals surface area contributed by atoms with Gasteiger partial charge < -0.3 is 4.40 Å². The van der Waals surface area contributed by atoms with Gasteiger partial charge in [0, 0.05) is 18.1 Å². The second kappa shape index (κ2) is 3.60. The van der Waals surface area contributed by atoms with Crippen molar-refractivity contribution in [3.63, 3.8) is 0 Å². The van der Waals surface area contributed by atoms with Gasteiger partial charge in [0.25, 0.3) is 0 Å². The molecule has 0 radical (unpaired) electrons. The van der Waals surface area contributed by atoms with E-state index in [0.717, 1.165) is 12.1 Å². The fourth-order valence-corrected chi connectivity index (χ4v) is 1.57. The van der Waals surface area contributed by atoms with Gasteiger partial charge in [-0.25, -0.2) is 4.98 Å². The Kier molecular flexibility index (Phi) is 2.30. The van der Waals surface area contributed by atoms with Gasteiger partial charge in [-0.3, -0.25) is 0 Å². The van der Waals surface area contributed by atoms with E-state index in [9.17, 15) is 0 Å². The summed E-state index contributed by atoms with van der Waals surface area (Å²) >= 11 is 0. The molecule has 2 nitrogen and oxygen atoms in total. The maximum absolute atomic E-state index is 4.25. The quantitative estimate of drug-likeness (QED) is 0.699. The number of rotatable bonds is 3. The first kappa shape index (κ1) is 8.30. The Bertz CT molecular complexity index is 390. The Morgan fingerprint density at radius 2 is 2.31 bits per heavy atom. The van der Waals surface area contributed by atoms with Crippen LogP contribution in [0.2, 0.25) is 0 Å². The van der Waals surface area contributed by atoms with Gasteiger partial charge >= 0.3 is 0 Å². The van der Waals surface area contributed by atoms with Crippen LogP contribution < -0.4 is 0 Å². The SMILES string of the molecule is CCCCc1cccc2nccn12. The summed E-state index contributed by atoms with van der Waals surface area (Å²) in [6.07, 6.45) is 7.51. The number of unbranched alkanes of at least 4 members (excludes halogenated alkanes) is 1. The molecule has 0 spiro atoms.